The summed E-state index contributed by atoms with van der Waals surface area (Å²) in [7, 11) is 0. The molecule has 1 atom stereocenters. The summed E-state index contributed by atoms with van der Waals surface area (Å²) in [6, 6.07) is 0. The zero-order valence-electron chi connectivity index (χ0n) is 30.8. The average molecular weight is 621 g/mol. The summed E-state index contributed by atoms with van der Waals surface area (Å²) < 4.78 is 0. The lowest BCUT2D eigenvalue weighted by Gasteiger charge is -2.12. The number of carbonyl (C=O) groups is 1. The second-order valence-corrected chi connectivity index (χ2v) is 14.6. The average Bonchev–Trinajstić information content (AvgIpc) is 3.02. The minimum atomic E-state index is -0.553. The molecule has 0 aliphatic heterocycles. The third kappa shape index (κ3) is 35.9. The van der Waals surface area contributed by atoms with Crippen molar-refractivity contribution in [2.24, 2.45) is 5.92 Å². The second kappa shape index (κ2) is 38.7. The van der Waals surface area contributed by atoms with Gasteiger partial charge in [0.15, 0.2) is 0 Å². The molecule has 0 saturated heterocycles. The van der Waals surface area contributed by atoms with Gasteiger partial charge in [-0.05, 0) is 12.8 Å². The predicted octanol–water partition coefficient (Wildman–Crippen LogP) is 15.6. The van der Waals surface area contributed by atoms with E-state index >= 15 is 0 Å². The molecule has 0 aromatic heterocycles. The smallest absolute Gasteiger partial charge is 0.306 e. The van der Waals surface area contributed by atoms with Crippen LogP contribution in [0.4, 0.5) is 0 Å². The summed E-state index contributed by atoms with van der Waals surface area (Å²) in [4.78, 5) is 11.7. The van der Waals surface area contributed by atoms with E-state index in [0.29, 0.717) is 0 Å². The Labute approximate surface area is 279 Å². The fraction of sp³-hybridized carbons (Fsp3) is 0.976. The zero-order chi connectivity index (χ0) is 32.0. The SMILES string of the molecule is CCCCCCCCCCCCCCCCCCCCCCCCC(CCCCCCCCCCCCCCCC)C(=O)O. The van der Waals surface area contributed by atoms with Gasteiger partial charge in [0, 0.05) is 0 Å². The van der Waals surface area contributed by atoms with Crippen LogP contribution in [0, 0.1) is 5.92 Å². The summed E-state index contributed by atoms with van der Waals surface area (Å²) in [5.74, 6) is -0.652. The molecule has 0 aromatic rings. The Balaban J connectivity index is 3.33. The lowest BCUT2D eigenvalue weighted by Crippen LogP contribution is -2.13. The lowest BCUT2D eigenvalue weighted by atomic mass is 9.94. The molecule has 2 heteroatoms. The third-order valence-electron chi connectivity index (χ3n) is 10.2. The van der Waals surface area contributed by atoms with Gasteiger partial charge in [-0.25, -0.2) is 0 Å². The molecule has 0 fully saturated rings. The van der Waals surface area contributed by atoms with Gasteiger partial charge in [-0.3, -0.25) is 4.79 Å². The molecule has 0 spiro atoms. The number of carboxylic acid groups (broad SMARTS) is 1. The molecule has 1 unspecified atom stereocenters. The fourth-order valence-electron chi connectivity index (χ4n) is 6.98. The van der Waals surface area contributed by atoms with Crippen LogP contribution in [0.3, 0.4) is 0 Å². The van der Waals surface area contributed by atoms with E-state index in [1.807, 2.05) is 0 Å². The van der Waals surface area contributed by atoms with Crippen molar-refractivity contribution in [2.45, 2.75) is 258 Å². The van der Waals surface area contributed by atoms with Gasteiger partial charge in [-0.2, -0.15) is 0 Å². The molecule has 0 heterocycles. The zero-order valence-corrected chi connectivity index (χ0v) is 30.8. The number of carboxylic acids is 1. The number of unbranched alkanes of at least 4 members (excludes halogenated alkanes) is 34. The molecule has 2 nitrogen and oxygen atoms in total. The molecule has 0 amide bonds. The first kappa shape index (κ1) is 43.5. The molecule has 0 radical (unpaired) electrons. The minimum Gasteiger partial charge on any atom is -0.481 e. The lowest BCUT2D eigenvalue weighted by molar-refractivity contribution is -0.142. The highest BCUT2D eigenvalue weighted by atomic mass is 16.4. The van der Waals surface area contributed by atoms with E-state index in [4.69, 9.17) is 0 Å². The Morgan fingerprint density at radius 2 is 0.477 bits per heavy atom. The van der Waals surface area contributed by atoms with Crippen LogP contribution < -0.4 is 0 Å². The van der Waals surface area contributed by atoms with Gasteiger partial charge < -0.3 is 5.11 Å². The van der Waals surface area contributed by atoms with Crippen LogP contribution in [-0.4, -0.2) is 11.1 Å². The molecule has 0 aromatic carbocycles. The molecular weight excluding hydrogens is 536 g/mol. The van der Waals surface area contributed by atoms with Crippen molar-refractivity contribution in [2.75, 3.05) is 0 Å². The van der Waals surface area contributed by atoms with Gasteiger partial charge in [-0.15, -0.1) is 0 Å². The van der Waals surface area contributed by atoms with Gasteiger partial charge in [0.1, 0.15) is 0 Å². The number of rotatable bonds is 39. The van der Waals surface area contributed by atoms with Crippen molar-refractivity contribution in [3.8, 4) is 0 Å². The molecule has 264 valence electrons. The van der Waals surface area contributed by atoms with Gasteiger partial charge >= 0.3 is 5.97 Å². The molecule has 0 rings (SSSR count). The van der Waals surface area contributed by atoms with Crippen LogP contribution in [0.2, 0.25) is 0 Å². The molecule has 0 bridgehead atoms. The second-order valence-electron chi connectivity index (χ2n) is 14.6. The van der Waals surface area contributed by atoms with Crippen LogP contribution in [0.1, 0.15) is 258 Å². The van der Waals surface area contributed by atoms with Gasteiger partial charge in [0.05, 0.1) is 5.92 Å². The minimum absolute atomic E-state index is 0.0996. The Hall–Kier alpha value is -0.530. The first-order valence-corrected chi connectivity index (χ1v) is 20.9. The van der Waals surface area contributed by atoms with E-state index in [1.54, 1.807) is 0 Å². The summed E-state index contributed by atoms with van der Waals surface area (Å²) in [5, 5.41) is 9.65. The molecule has 0 saturated carbocycles. The third-order valence-corrected chi connectivity index (χ3v) is 10.2. The number of aliphatic carboxylic acids is 1. The Morgan fingerprint density at radius 1 is 0.318 bits per heavy atom. The highest BCUT2D eigenvalue weighted by Crippen LogP contribution is 2.21. The van der Waals surface area contributed by atoms with Crippen molar-refractivity contribution in [3.63, 3.8) is 0 Å². The van der Waals surface area contributed by atoms with E-state index in [0.717, 1.165) is 25.7 Å². The molecule has 0 aliphatic rings. The molecule has 0 aliphatic carbocycles. The first-order chi connectivity index (χ1) is 21.7. The maximum absolute atomic E-state index is 11.7. The number of hydrogen-bond donors (Lipinski definition) is 1. The predicted molar refractivity (Wildman–Crippen MR) is 198 cm³/mol. The van der Waals surface area contributed by atoms with Crippen molar-refractivity contribution < 1.29 is 9.90 Å². The van der Waals surface area contributed by atoms with E-state index in [2.05, 4.69) is 13.8 Å². The standard InChI is InChI=1S/C42H84O2/c1-3-5-7-9-11-13-15-17-19-20-21-22-23-24-25-26-28-30-32-34-36-38-40-41(42(43)44)39-37-35-33-31-29-27-18-16-14-12-10-8-6-4-2/h41H,3-40H2,1-2H3,(H,43,44). The highest BCUT2D eigenvalue weighted by molar-refractivity contribution is 5.69. The summed E-state index contributed by atoms with van der Waals surface area (Å²) >= 11 is 0. The fourth-order valence-corrected chi connectivity index (χ4v) is 6.98. The van der Waals surface area contributed by atoms with Crippen LogP contribution in [0.25, 0.3) is 0 Å². The van der Waals surface area contributed by atoms with Gasteiger partial charge in [-0.1, -0.05) is 245 Å². The van der Waals surface area contributed by atoms with Gasteiger partial charge in [0.25, 0.3) is 0 Å². The topological polar surface area (TPSA) is 37.3 Å². The maximum atomic E-state index is 11.7. The maximum Gasteiger partial charge on any atom is 0.306 e. The Bertz CT molecular complexity index is 530. The molecule has 1 N–H and O–H groups in total. The van der Waals surface area contributed by atoms with Crippen LogP contribution in [0.15, 0.2) is 0 Å². The molecular formula is C42H84O2. The Morgan fingerprint density at radius 3 is 0.636 bits per heavy atom. The monoisotopic (exact) mass is 621 g/mol. The van der Waals surface area contributed by atoms with Crippen LogP contribution in [-0.2, 0) is 4.79 Å². The normalized spacial score (nSPS) is 12.2. The van der Waals surface area contributed by atoms with E-state index in [-0.39, 0.29) is 5.92 Å². The van der Waals surface area contributed by atoms with Crippen molar-refractivity contribution in [1.82, 2.24) is 0 Å². The summed E-state index contributed by atoms with van der Waals surface area (Å²) in [5.41, 5.74) is 0. The van der Waals surface area contributed by atoms with Crippen LogP contribution >= 0.6 is 0 Å². The highest BCUT2D eigenvalue weighted by Gasteiger charge is 2.16. The van der Waals surface area contributed by atoms with Crippen molar-refractivity contribution >= 4 is 5.97 Å². The quantitative estimate of drug-likeness (QED) is 0.0694. The van der Waals surface area contributed by atoms with Crippen molar-refractivity contribution in [3.05, 3.63) is 0 Å². The van der Waals surface area contributed by atoms with E-state index < -0.39 is 5.97 Å². The molecule has 44 heavy (non-hydrogen) atoms. The van der Waals surface area contributed by atoms with Gasteiger partial charge in [0.2, 0.25) is 0 Å². The summed E-state index contributed by atoms with van der Waals surface area (Å²) in [6.45, 7) is 4.59. The van der Waals surface area contributed by atoms with Crippen molar-refractivity contribution in [1.29, 1.82) is 0 Å². The van der Waals surface area contributed by atoms with E-state index in [9.17, 15) is 9.90 Å². The first-order valence-electron chi connectivity index (χ1n) is 20.9. The number of hydrogen-bond acceptors (Lipinski definition) is 1. The Kier molecular flexibility index (Phi) is 38.2. The summed E-state index contributed by atoms with van der Waals surface area (Å²) in [6.07, 6.45) is 51.7. The van der Waals surface area contributed by atoms with E-state index in [1.165, 1.54) is 218 Å². The van der Waals surface area contributed by atoms with Crippen LogP contribution in [0.5, 0.6) is 0 Å². The largest absolute Gasteiger partial charge is 0.481 e.